The Labute approximate surface area is 104 Å². The number of carboxylic acids is 1. The molecule has 0 aromatic carbocycles. The van der Waals surface area contributed by atoms with Crippen molar-refractivity contribution in [3.8, 4) is 0 Å². The molecule has 1 aliphatic heterocycles. The van der Waals surface area contributed by atoms with E-state index in [0.717, 1.165) is 13.0 Å². The molecule has 100 valence electrons. The smallest absolute Gasteiger partial charge is 0.332 e. The quantitative estimate of drug-likeness (QED) is 0.641. The van der Waals surface area contributed by atoms with Gasteiger partial charge in [0, 0.05) is 12.6 Å². The van der Waals surface area contributed by atoms with Crippen molar-refractivity contribution in [3.05, 3.63) is 0 Å². The van der Waals surface area contributed by atoms with Gasteiger partial charge in [-0.15, -0.1) is 0 Å². The topological polar surface area (TPSA) is 58.6 Å². The summed E-state index contributed by atoms with van der Waals surface area (Å²) < 4.78 is 5.44. The second-order valence-corrected chi connectivity index (χ2v) is 4.97. The Balaban J connectivity index is 2.08. The monoisotopic (exact) mass is 243 g/mol. The highest BCUT2D eigenvalue weighted by Gasteiger charge is 2.30. The Bertz CT molecular complexity index is 233. The fourth-order valence-electron chi connectivity index (χ4n) is 2.17. The first-order valence-corrected chi connectivity index (χ1v) is 6.75. The summed E-state index contributed by atoms with van der Waals surface area (Å²) in [4.78, 5) is 10.7. The van der Waals surface area contributed by atoms with Gasteiger partial charge in [-0.05, 0) is 26.2 Å². The summed E-state index contributed by atoms with van der Waals surface area (Å²) in [6.07, 6.45) is 5.96. The van der Waals surface area contributed by atoms with Crippen LogP contribution in [-0.4, -0.2) is 35.9 Å². The van der Waals surface area contributed by atoms with E-state index in [4.69, 9.17) is 9.84 Å². The van der Waals surface area contributed by atoms with Crippen molar-refractivity contribution < 1.29 is 14.6 Å². The van der Waals surface area contributed by atoms with Crippen LogP contribution in [0.1, 0.15) is 52.4 Å². The van der Waals surface area contributed by atoms with Crippen LogP contribution in [0.25, 0.3) is 0 Å². The molecule has 1 fully saturated rings. The maximum atomic E-state index is 10.7. The molecule has 0 saturated carbocycles. The van der Waals surface area contributed by atoms with Crippen molar-refractivity contribution in [2.24, 2.45) is 0 Å². The van der Waals surface area contributed by atoms with E-state index in [0.29, 0.717) is 12.5 Å². The van der Waals surface area contributed by atoms with Crippen LogP contribution in [0, 0.1) is 0 Å². The normalized spacial score (nSPS) is 26.0. The van der Waals surface area contributed by atoms with Gasteiger partial charge < -0.3 is 15.2 Å². The van der Waals surface area contributed by atoms with Crippen LogP contribution in [-0.2, 0) is 9.53 Å². The molecule has 3 unspecified atom stereocenters. The largest absolute Gasteiger partial charge is 0.479 e. The third-order valence-electron chi connectivity index (χ3n) is 3.32. The number of hydrogen-bond acceptors (Lipinski definition) is 3. The van der Waals surface area contributed by atoms with Crippen molar-refractivity contribution in [2.75, 3.05) is 6.54 Å². The summed E-state index contributed by atoms with van der Waals surface area (Å²) in [7, 11) is 0. The van der Waals surface area contributed by atoms with Crippen LogP contribution in [0.4, 0.5) is 0 Å². The fraction of sp³-hybridized carbons (Fsp3) is 0.923. The van der Waals surface area contributed by atoms with Crippen LogP contribution < -0.4 is 5.32 Å². The van der Waals surface area contributed by atoms with E-state index in [1.165, 1.54) is 25.7 Å². The molecule has 4 nitrogen and oxygen atoms in total. The maximum Gasteiger partial charge on any atom is 0.332 e. The van der Waals surface area contributed by atoms with Crippen molar-refractivity contribution in [3.63, 3.8) is 0 Å². The zero-order valence-corrected chi connectivity index (χ0v) is 10.9. The molecule has 0 amide bonds. The van der Waals surface area contributed by atoms with Gasteiger partial charge in [-0.25, -0.2) is 4.79 Å². The zero-order valence-electron chi connectivity index (χ0n) is 10.9. The first-order valence-electron chi connectivity index (χ1n) is 6.75. The summed E-state index contributed by atoms with van der Waals surface area (Å²) >= 11 is 0. The lowest BCUT2D eigenvalue weighted by Crippen LogP contribution is -2.34. The van der Waals surface area contributed by atoms with E-state index in [1.807, 2.05) is 0 Å². The van der Waals surface area contributed by atoms with Gasteiger partial charge in [0.05, 0.1) is 6.10 Å². The molecule has 1 rings (SSSR count). The van der Waals surface area contributed by atoms with E-state index < -0.39 is 12.1 Å². The van der Waals surface area contributed by atoms with Gasteiger partial charge in [0.15, 0.2) is 6.10 Å². The summed E-state index contributed by atoms with van der Waals surface area (Å²) in [6.45, 7) is 5.16. The molecule has 1 saturated heterocycles. The molecular formula is C13H25NO3. The standard InChI is InChI=1S/C13H25NO3/c1-3-4-5-6-10(2)14-9-11-7-8-12(17-11)13(15)16/h10-12,14H,3-9H2,1-2H3,(H,15,16). The van der Waals surface area contributed by atoms with Crippen molar-refractivity contribution in [2.45, 2.75) is 70.6 Å². The molecular weight excluding hydrogens is 218 g/mol. The molecule has 3 atom stereocenters. The highest BCUT2D eigenvalue weighted by molar-refractivity contribution is 5.72. The first kappa shape index (κ1) is 14.5. The van der Waals surface area contributed by atoms with Gasteiger partial charge >= 0.3 is 5.97 Å². The highest BCUT2D eigenvalue weighted by Crippen LogP contribution is 2.19. The second kappa shape index (κ2) is 7.67. The van der Waals surface area contributed by atoms with Crippen LogP contribution in [0.15, 0.2) is 0 Å². The first-order chi connectivity index (χ1) is 8.13. The Hall–Kier alpha value is -0.610. The Morgan fingerprint density at radius 3 is 2.82 bits per heavy atom. The minimum atomic E-state index is -0.830. The number of unbranched alkanes of at least 4 members (excludes halogenated alkanes) is 2. The van der Waals surface area contributed by atoms with E-state index in [9.17, 15) is 4.79 Å². The van der Waals surface area contributed by atoms with Crippen LogP contribution in [0.5, 0.6) is 0 Å². The van der Waals surface area contributed by atoms with Gasteiger partial charge in [-0.1, -0.05) is 26.2 Å². The number of nitrogens with one attached hydrogen (secondary N) is 1. The lowest BCUT2D eigenvalue weighted by Gasteiger charge is -2.17. The van der Waals surface area contributed by atoms with Gasteiger partial charge in [0.1, 0.15) is 0 Å². The molecule has 2 N–H and O–H groups in total. The second-order valence-electron chi connectivity index (χ2n) is 4.97. The van der Waals surface area contributed by atoms with Gasteiger partial charge in [-0.2, -0.15) is 0 Å². The Morgan fingerprint density at radius 2 is 2.24 bits per heavy atom. The lowest BCUT2D eigenvalue weighted by atomic mass is 10.1. The number of carbonyl (C=O) groups is 1. The number of hydrogen-bond donors (Lipinski definition) is 2. The summed E-state index contributed by atoms with van der Waals surface area (Å²) in [5.41, 5.74) is 0. The summed E-state index contributed by atoms with van der Waals surface area (Å²) in [6, 6.07) is 0.494. The third-order valence-corrected chi connectivity index (χ3v) is 3.32. The Kier molecular flexibility index (Phi) is 6.52. The zero-order chi connectivity index (χ0) is 12.7. The minimum absolute atomic E-state index is 0.0738. The molecule has 0 aliphatic carbocycles. The minimum Gasteiger partial charge on any atom is -0.479 e. The number of carboxylic acid groups (broad SMARTS) is 1. The average Bonchev–Trinajstić information content (AvgIpc) is 2.75. The fourth-order valence-corrected chi connectivity index (χ4v) is 2.17. The molecule has 0 spiro atoms. The number of ether oxygens (including phenoxy) is 1. The maximum absolute atomic E-state index is 10.7. The Morgan fingerprint density at radius 1 is 1.47 bits per heavy atom. The molecule has 0 bridgehead atoms. The van der Waals surface area contributed by atoms with Gasteiger partial charge in [-0.3, -0.25) is 0 Å². The van der Waals surface area contributed by atoms with E-state index in [1.54, 1.807) is 0 Å². The van der Waals surface area contributed by atoms with Crippen molar-refractivity contribution in [1.82, 2.24) is 5.32 Å². The SMILES string of the molecule is CCCCCC(C)NCC1CCC(C(=O)O)O1. The predicted octanol–water partition coefficient (Wildman–Crippen LogP) is 2.18. The van der Waals surface area contributed by atoms with Gasteiger partial charge in [0.2, 0.25) is 0 Å². The summed E-state index contributed by atoms with van der Waals surface area (Å²) in [5.74, 6) is -0.830. The molecule has 0 aromatic rings. The highest BCUT2D eigenvalue weighted by atomic mass is 16.5. The van der Waals surface area contributed by atoms with Crippen LogP contribution in [0.3, 0.4) is 0 Å². The van der Waals surface area contributed by atoms with E-state index >= 15 is 0 Å². The lowest BCUT2D eigenvalue weighted by molar-refractivity contribution is -0.149. The molecule has 1 aliphatic rings. The van der Waals surface area contributed by atoms with Gasteiger partial charge in [0.25, 0.3) is 0 Å². The van der Waals surface area contributed by atoms with Crippen LogP contribution in [0.2, 0.25) is 0 Å². The molecule has 4 heteroatoms. The predicted molar refractivity (Wildman–Crippen MR) is 67.1 cm³/mol. The van der Waals surface area contributed by atoms with Crippen molar-refractivity contribution in [1.29, 1.82) is 0 Å². The summed E-state index contributed by atoms with van der Waals surface area (Å²) in [5, 5.41) is 12.2. The van der Waals surface area contributed by atoms with E-state index in [2.05, 4.69) is 19.2 Å². The van der Waals surface area contributed by atoms with Crippen molar-refractivity contribution >= 4 is 5.97 Å². The third kappa shape index (κ3) is 5.50. The average molecular weight is 243 g/mol. The molecule has 0 radical (unpaired) electrons. The molecule has 1 heterocycles. The van der Waals surface area contributed by atoms with E-state index in [-0.39, 0.29) is 6.10 Å². The molecule has 17 heavy (non-hydrogen) atoms. The molecule has 0 aromatic heterocycles. The van der Waals surface area contributed by atoms with Crippen LogP contribution >= 0.6 is 0 Å². The number of rotatable bonds is 8. The number of aliphatic carboxylic acids is 1.